The molecule has 3 heteroatoms. The minimum atomic E-state index is -2.60. The lowest BCUT2D eigenvalue weighted by atomic mass is 9.97. The first-order valence-corrected chi connectivity index (χ1v) is 14.8. The second kappa shape index (κ2) is 9.38. The van der Waals surface area contributed by atoms with E-state index in [1.807, 2.05) is 0 Å². The standard InChI is InChI=1S/C32H37NOSi/c1-23(33)21-24-15-16-25-17-18-29-28(30(25)22-24)19-20-31(29)34-35(32(2,3)4,26-11-7-5-8-12-26)27-13-9-6-10-14-27/h5-18,22-23,31H,19-21,33H2,1-4H3. The number of benzene rings is 4. The zero-order chi connectivity index (χ0) is 24.6. The Balaban J connectivity index is 1.63. The Morgan fingerprint density at radius 3 is 2.06 bits per heavy atom. The second-order valence-electron chi connectivity index (χ2n) is 11.2. The predicted molar refractivity (Wildman–Crippen MR) is 151 cm³/mol. The average molecular weight is 480 g/mol. The zero-order valence-electron chi connectivity index (χ0n) is 21.4. The Morgan fingerprint density at radius 1 is 0.886 bits per heavy atom. The molecule has 2 unspecified atom stereocenters. The quantitative estimate of drug-likeness (QED) is 0.330. The van der Waals surface area contributed by atoms with Crippen LogP contribution in [0.5, 0.6) is 0 Å². The fourth-order valence-corrected chi connectivity index (χ4v) is 10.7. The first-order valence-electron chi connectivity index (χ1n) is 12.9. The molecule has 0 bridgehead atoms. The van der Waals surface area contributed by atoms with Gasteiger partial charge in [0.2, 0.25) is 0 Å². The fourth-order valence-electron chi connectivity index (χ4n) is 5.98. The van der Waals surface area contributed by atoms with Crippen molar-refractivity contribution in [3.05, 3.63) is 108 Å². The molecule has 0 amide bonds. The van der Waals surface area contributed by atoms with Gasteiger partial charge < -0.3 is 10.2 Å². The third kappa shape index (κ3) is 4.38. The molecule has 1 aliphatic rings. The lowest BCUT2D eigenvalue weighted by Crippen LogP contribution is -2.66. The summed E-state index contributed by atoms with van der Waals surface area (Å²) in [6.07, 6.45) is 3.08. The normalized spacial score (nSPS) is 16.9. The van der Waals surface area contributed by atoms with E-state index in [0.29, 0.717) is 0 Å². The number of nitrogens with two attached hydrogens (primary N) is 1. The maximum atomic E-state index is 7.52. The minimum absolute atomic E-state index is 0.0280. The summed E-state index contributed by atoms with van der Waals surface area (Å²) in [5.41, 5.74) is 10.2. The highest BCUT2D eigenvalue weighted by Crippen LogP contribution is 2.45. The van der Waals surface area contributed by atoms with Crippen molar-refractivity contribution in [1.82, 2.24) is 0 Å². The highest BCUT2D eigenvalue weighted by atomic mass is 28.4. The lowest BCUT2D eigenvalue weighted by molar-refractivity contribution is 0.192. The van der Waals surface area contributed by atoms with E-state index in [4.69, 9.17) is 10.2 Å². The summed E-state index contributed by atoms with van der Waals surface area (Å²) >= 11 is 0. The highest BCUT2D eigenvalue weighted by molar-refractivity contribution is 6.99. The SMILES string of the molecule is CC(N)Cc1ccc2ccc3c(c2c1)CCC3O[Si](c1ccccc1)(c1ccccc1)C(C)(C)C. The molecule has 180 valence electrons. The predicted octanol–water partition coefficient (Wildman–Crippen LogP) is 6.29. The van der Waals surface area contributed by atoms with Crippen LogP contribution in [0.3, 0.4) is 0 Å². The molecule has 2 atom stereocenters. The molecule has 0 spiro atoms. The zero-order valence-corrected chi connectivity index (χ0v) is 22.4. The van der Waals surface area contributed by atoms with E-state index in [1.54, 1.807) is 0 Å². The van der Waals surface area contributed by atoms with Gasteiger partial charge in [0.05, 0.1) is 6.10 Å². The van der Waals surface area contributed by atoms with Gasteiger partial charge in [-0.2, -0.15) is 0 Å². The van der Waals surface area contributed by atoms with Crippen LogP contribution >= 0.6 is 0 Å². The summed E-state index contributed by atoms with van der Waals surface area (Å²) in [4.78, 5) is 0. The molecule has 0 saturated carbocycles. The molecule has 0 saturated heterocycles. The van der Waals surface area contributed by atoms with Gasteiger partial charge in [0.1, 0.15) is 0 Å². The van der Waals surface area contributed by atoms with Crippen molar-refractivity contribution in [3.63, 3.8) is 0 Å². The van der Waals surface area contributed by atoms with Crippen molar-refractivity contribution < 1.29 is 4.43 Å². The van der Waals surface area contributed by atoms with E-state index in [0.717, 1.165) is 19.3 Å². The molecule has 4 aromatic carbocycles. The van der Waals surface area contributed by atoms with E-state index >= 15 is 0 Å². The summed E-state index contributed by atoms with van der Waals surface area (Å²) in [6.45, 7) is 9.15. The molecule has 5 rings (SSSR count). The summed E-state index contributed by atoms with van der Waals surface area (Å²) in [5, 5.41) is 5.33. The molecule has 0 aliphatic heterocycles. The van der Waals surface area contributed by atoms with Crippen molar-refractivity contribution in [3.8, 4) is 0 Å². The van der Waals surface area contributed by atoms with Gasteiger partial charge in [-0.15, -0.1) is 0 Å². The van der Waals surface area contributed by atoms with Gasteiger partial charge in [-0.3, -0.25) is 0 Å². The fraction of sp³-hybridized carbons (Fsp3) is 0.312. The summed E-state index contributed by atoms with van der Waals surface area (Å²) in [7, 11) is -2.60. The van der Waals surface area contributed by atoms with E-state index in [-0.39, 0.29) is 17.2 Å². The van der Waals surface area contributed by atoms with Crippen molar-refractivity contribution in [2.45, 2.75) is 64.1 Å². The lowest BCUT2D eigenvalue weighted by Gasteiger charge is -2.44. The Hall–Kier alpha value is -2.72. The smallest absolute Gasteiger partial charge is 0.261 e. The van der Waals surface area contributed by atoms with Crippen LogP contribution in [0.4, 0.5) is 0 Å². The van der Waals surface area contributed by atoms with Gasteiger partial charge in [0, 0.05) is 6.04 Å². The van der Waals surface area contributed by atoms with Crippen LogP contribution in [-0.2, 0) is 17.3 Å². The molecule has 1 aliphatic carbocycles. The maximum absolute atomic E-state index is 7.52. The third-order valence-corrected chi connectivity index (χ3v) is 12.6. The molecule has 2 N–H and O–H groups in total. The highest BCUT2D eigenvalue weighted by Gasteiger charge is 2.52. The van der Waals surface area contributed by atoms with Crippen LogP contribution in [0.15, 0.2) is 91.0 Å². The Bertz CT molecular complexity index is 1270. The van der Waals surface area contributed by atoms with Crippen LogP contribution < -0.4 is 16.1 Å². The van der Waals surface area contributed by atoms with Crippen LogP contribution in [-0.4, -0.2) is 14.4 Å². The van der Waals surface area contributed by atoms with E-state index in [9.17, 15) is 0 Å². The first kappa shape index (κ1) is 24.0. The van der Waals surface area contributed by atoms with Crippen LogP contribution in [0.1, 0.15) is 56.9 Å². The number of hydrogen-bond donors (Lipinski definition) is 1. The third-order valence-electron chi connectivity index (χ3n) is 7.53. The molecule has 2 nitrogen and oxygen atoms in total. The molecule has 0 radical (unpaired) electrons. The summed E-state index contributed by atoms with van der Waals surface area (Å²) in [5.74, 6) is 0. The number of aryl methyl sites for hydroxylation is 1. The largest absolute Gasteiger partial charge is 0.400 e. The van der Waals surface area contributed by atoms with Crippen molar-refractivity contribution in [2.24, 2.45) is 5.73 Å². The maximum Gasteiger partial charge on any atom is 0.261 e. The van der Waals surface area contributed by atoms with E-state index in [1.165, 1.54) is 37.8 Å². The van der Waals surface area contributed by atoms with Gasteiger partial charge in [-0.25, -0.2) is 0 Å². The molecule has 4 aromatic rings. The molecule has 0 aromatic heterocycles. The number of hydrogen-bond acceptors (Lipinski definition) is 2. The summed E-state index contributed by atoms with van der Waals surface area (Å²) in [6, 6.07) is 33.6. The number of fused-ring (bicyclic) bond motifs is 3. The second-order valence-corrected chi connectivity index (χ2v) is 15.4. The van der Waals surface area contributed by atoms with E-state index in [2.05, 4.69) is 119 Å². The molecule has 35 heavy (non-hydrogen) atoms. The minimum Gasteiger partial charge on any atom is -0.400 e. The van der Waals surface area contributed by atoms with Crippen LogP contribution in [0.2, 0.25) is 5.04 Å². The topological polar surface area (TPSA) is 35.2 Å². The first-order chi connectivity index (χ1) is 16.8. The van der Waals surface area contributed by atoms with Crippen LogP contribution in [0, 0.1) is 0 Å². The van der Waals surface area contributed by atoms with Crippen LogP contribution in [0.25, 0.3) is 10.8 Å². The molecular weight excluding hydrogens is 442 g/mol. The van der Waals surface area contributed by atoms with Crippen molar-refractivity contribution in [1.29, 1.82) is 0 Å². The number of rotatable bonds is 6. The van der Waals surface area contributed by atoms with Gasteiger partial charge >= 0.3 is 0 Å². The molecule has 0 heterocycles. The molecular formula is C32H37NOSi. The van der Waals surface area contributed by atoms with E-state index < -0.39 is 8.32 Å². The Labute approximate surface area is 211 Å². The Morgan fingerprint density at radius 2 is 1.49 bits per heavy atom. The van der Waals surface area contributed by atoms with Gasteiger partial charge in [0.25, 0.3) is 8.32 Å². The Kier molecular flexibility index (Phi) is 6.43. The summed E-state index contributed by atoms with van der Waals surface area (Å²) < 4.78 is 7.52. The molecule has 0 fully saturated rings. The van der Waals surface area contributed by atoms with Crippen molar-refractivity contribution in [2.75, 3.05) is 0 Å². The monoisotopic (exact) mass is 479 g/mol. The van der Waals surface area contributed by atoms with Gasteiger partial charge in [0.15, 0.2) is 0 Å². The van der Waals surface area contributed by atoms with Crippen molar-refractivity contribution >= 4 is 29.5 Å². The average Bonchev–Trinajstić information content (AvgIpc) is 3.25. The van der Waals surface area contributed by atoms with Gasteiger partial charge in [-0.1, -0.05) is 112 Å². The van der Waals surface area contributed by atoms with Gasteiger partial charge in [-0.05, 0) is 69.1 Å².